The topological polar surface area (TPSA) is 104 Å². The smallest absolute Gasteiger partial charge is 0.241 e. The summed E-state index contributed by atoms with van der Waals surface area (Å²) in [5, 5.41) is 5.84. The molecule has 1 heterocycles. The Morgan fingerprint density at radius 2 is 2.00 bits per heavy atom. The minimum absolute atomic E-state index is 0.0455. The Morgan fingerprint density at radius 3 is 2.78 bits per heavy atom. The number of amides is 2. The lowest BCUT2D eigenvalue weighted by atomic mass is 10.0. The molecular formula is C18H18ClN3O4S. The Kier molecular flexibility index (Phi) is 5.50. The standard InChI is InChI=1S/C18H18ClN3O4S/c1-11-14(19)3-2-4-15(11)21-18(24)10-20-27(25,26)13-6-7-16-12(9-13)5-8-17(23)22-16/h2-4,6-7,9,20H,5,8,10H2,1H3,(H,21,24)(H,22,23). The first-order valence-corrected chi connectivity index (χ1v) is 10.1. The number of rotatable bonds is 5. The monoisotopic (exact) mass is 407 g/mol. The largest absolute Gasteiger partial charge is 0.326 e. The van der Waals surface area contributed by atoms with Gasteiger partial charge >= 0.3 is 0 Å². The van der Waals surface area contributed by atoms with Crippen LogP contribution in [0.1, 0.15) is 17.5 Å². The molecule has 27 heavy (non-hydrogen) atoms. The highest BCUT2D eigenvalue weighted by Crippen LogP contribution is 2.25. The fourth-order valence-electron chi connectivity index (χ4n) is 2.71. The maximum absolute atomic E-state index is 12.5. The molecule has 0 radical (unpaired) electrons. The number of aryl methyl sites for hydroxylation is 1. The van der Waals surface area contributed by atoms with Gasteiger partial charge in [-0.05, 0) is 54.8 Å². The van der Waals surface area contributed by atoms with Crippen molar-refractivity contribution in [3.63, 3.8) is 0 Å². The fraction of sp³-hybridized carbons (Fsp3) is 0.222. The van der Waals surface area contributed by atoms with Crippen LogP contribution in [0, 0.1) is 6.92 Å². The summed E-state index contributed by atoms with van der Waals surface area (Å²) in [6.45, 7) is 1.34. The van der Waals surface area contributed by atoms with E-state index in [0.717, 1.165) is 5.56 Å². The van der Waals surface area contributed by atoms with Crippen LogP contribution in [-0.4, -0.2) is 26.8 Å². The van der Waals surface area contributed by atoms with Crippen molar-refractivity contribution < 1.29 is 18.0 Å². The molecule has 0 aliphatic carbocycles. The molecule has 0 unspecified atom stereocenters. The summed E-state index contributed by atoms with van der Waals surface area (Å²) in [7, 11) is -3.86. The molecule has 0 aromatic heterocycles. The molecule has 2 aromatic rings. The van der Waals surface area contributed by atoms with Crippen LogP contribution in [0.15, 0.2) is 41.3 Å². The SMILES string of the molecule is Cc1c(Cl)cccc1NC(=O)CNS(=O)(=O)c1ccc2c(c1)CCC(=O)N2. The van der Waals surface area contributed by atoms with Crippen LogP contribution in [0.4, 0.5) is 11.4 Å². The maximum Gasteiger partial charge on any atom is 0.241 e. The lowest BCUT2D eigenvalue weighted by Crippen LogP contribution is -2.33. The minimum Gasteiger partial charge on any atom is -0.326 e. The highest BCUT2D eigenvalue weighted by Gasteiger charge is 2.20. The highest BCUT2D eigenvalue weighted by atomic mass is 35.5. The third-order valence-corrected chi connectivity index (χ3v) is 6.06. The van der Waals surface area contributed by atoms with Crippen molar-refractivity contribution in [2.75, 3.05) is 17.2 Å². The van der Waals surface area contributed by atoms with Crippen LogP contribution in [0.3, 0.4) is 0 Å². The van der Waals surface area contributed by atoms with Crippen molar-refractivity contribution in [3.05, 3.63) is 52.5 Å². The van der Waals surface area contributed by atoms with Crippen LogP contribution in [-0.2, 0) is 26.0 Å². The molecule has 0 atom stereocenters. The number of benzene rings is 2. The molecule has 7 nitrogen and oxygen atoms in total. The number of halogens is 1. The molecule has 0 saturated carbocycles. The van der Waals surface area contributed by atoms with Gasteiger partial charge in [0.05, 0.1) is 11.4 Å². The summed E-state index contributed by atoms with van der Waals surface area (Å²) in [6, 6.07) is 9.54. The second-order valence-electron chi connectivity index (χ2n) is 6.15. The van der Waals surface area contributed by atoms with Crippen LogP contribution in [0.2, 0.25) is 5.02 Å². The number of nitrogens with one attached hydrogen (secondary N) is 3. The molecule has 3 N–H and O–H groups in total. The zero-order valence-electron chi connectivity index (χ0n) is 14.5. The first kappa shape index (κ1) is 19.3. The van der Waals surface area contributed by atoms with E-state index in [-0.39, 0.29) is 10.8 Å². The predicted octanol–water partition coefficient (Wildman–Crippen LogP) is 2.45. The number of hydrogen-bond donors (Lipinski definition) is 3. The van der Waals surface area contributed by atoms with Crippen molar-refractivity contribution in [1.29, 1.82) is 0 Å². The predicted molar refractivity (Wildman–Crippen MR) is 103 cm³/mol. The van der Waals surface area contributed by atoms with E-state index in [9.17, 15) is 18.0 Å². The van der Waals surface area contributed by atoms with Crippen molar-refractivity contribution in [3.8, 4) is 0 Å². The molecule has 1 aliphatic rings. The summed E-state index contributed by atoms with van der Waals surface area (Å²) < 4.78 is 27.2. The molecule has 9 heteroatoms. The molecule has 0 saturated heterocycles. The number of anilines is 2. The second-order valence-corrected chi connectivity index (χ2v) is 8.33. The Bertz CT molecular complexity index is 1020. The quantitative estimate of drug-likeness (QED) is 0.708. The van der Waals surface area contributed by atoms with E-state index < -0.39 is 22.5 Å². The van der Waals surface area contributed by atoms with Gasteiger partial charge in [-0.1, -0.05) is 17.7 Å². The molecular weight excluding hydrogens is 390 g/mol. The van der Waals surface area contributed by atoms with E-state index in [0.29, 0.717) is 34.8 Å². The molecule has 3 rings (SSSR count). The number of carbonyl (C=O) groups excluding carboxylic acids is 2. The van der Waals surface area contributed by atoms with Gasteiger partial charge in [-0.3, -0.25) is 9.59 Å². The minimum atomic E-state index is -3.86. The first-order chi connectivity index (χ1) is 12.8. The average molecular weight is 408 g/mol. The van der Waals surface area contributed by atoms with Crippen LogP contribution in [0.25, 0.3) is 0 Å². The molecule has 2 aromatic carbocycles. The Labute approximate surface area is 162 Å². The fourth-order valence-corrected chi connectivity index (χ4v) is 3.92. The molecule has 142 valence electrons. The summed E-state index contributed by atoms with van der Waals surface area (Å²) in [5.41, 5.74) is 2.58. The first-order valence-electron chi connectivity index (χ1n) is 8.24. The Morgan fingerprint density at radius 1 is 1.22 bits per heavy atom. The van der Waals surface area contributed by atoms with Gasteiger partial charge in [-0.2, -0.15) is 0 Å². The van der Waals surface area contributed by atoms with Crippen molar-refractivity contribution in [1.82, 2.24) is 4.72 Å². The van der Waals surface area contributed by atoms with Gasteiger partial charge in [0.1, 0.15) is 0 Å². The average Bonchev–Trinajstić information content (AvgIpc) is 2.63. The van der Waals surface area contributed by atoms with Crippen molar-refractivity contribution >= 4 is 44.8 Å². The summed E-state index contributed by atoms with van der Waals surface area (Å²) in [5.74, 6) is -0.599. The maximum atomic E-state index is 12.5. The number of hydrogen-bond acceptors (Lipinski definition) is 4. The molecule has 0 spiro atoms. The van der Waals surface area contributed by atoms with E-state index >= 15 is 0 Å². The number of fused-ring (bicyclic) bond motifs is 1. The van der Waals surface area contributed by atoms with E-state index in [1.54, 1.807) is 31.2 Å². The van der Waals surface area contributed by atoms with E-state index in [2.05, 4.69) is 15.4 Å². The Balaban J connectivity index is 1.67. The van der Waals surface area contributed by atoms with Gasteiger partial charge < -0.3 is 10.6 Å². The lowest BCUT2D eigenvalue weighted by molar-refractivity contribution is -0.116. The lowest BCUT2D eigenvalue weighted by Gasteiger charge is -2.17. The van der Waals surface area contributed by atoms with Crippen LogP contribution < -0.4 is 15.4 Å². The van der Waals surface area contributed by atoms with E-state index in [1.165, 1.54) is 12.1 Å². The van der Waals surface area contributed by atoms with Gasteiger partial charge in [0.15, 0.2) is 0 Å². The Hall–Kier alpha value is -2.42. The van der Waals surface area contributed by atoms with Gasteiger partial charge in [0.2, 0.25) is 21.8 Å². The van der Waals surface area contributed by atoms with E-state index in [1.807, 2.05) is 0 Å². The highest BCUT2D eigenvalue weighted by molar-refractivity contribution is 7.89. The van der Waals surface area contributed by atoms with Crippen LogP contribution >= 0.6 is 11.6 Å². The van der Waals surface area contributed by atoms with Crippen molar-refractivity contribution in [2.24, 2.45) is 0 Å². The molecule has 1 aliphatic heterocycles. The van der Waals surface area contributed by atoms with Crippen molar-refractivity contribution in [2.45, 2.75) is 24.7 Å². The van der Waals surface area contributed by atoms with Gasteiger partial charge in [-0.25, -0.2) is 13.1 Å². The summed E-state index contributed by atoms with van der Waals surface area (Å²) in [4.78, 5) is 23.5. The summed E-state index contributed by atoms with van der Waals surface area (Å²) >= 11 is 6.01. The third kappa shape index (κ3) is 4.47. The molecule has 2 amide bonds. The second kappa shape index (κ2) is 7.67. The number of sulfonamides is 1. The van der Waals surface area contributed by atoms with Crippen LogP contribution in [0.5, 0.6) is 0 Å². The van der Waals surface area contributed by atoms with Gasteiger partial charge in [-0.15, -0.1) is 0 Å². The van der Waals surface area contributed by atoms with Gasteiger partial charge in [0.25, 0.3) is 0 Å². The van der Waals surface area contributed by atoms with Gasteiger partial charge in [0, 0.05) is 22.8 Å². The van der Waals surface area contributed by atoms with E-state index in [4.69, 9.17) is 11.6 Å². The normalized spacial score (nSPS) is 13.6. The zero-order chi connectivity index (χ0) is 19.6. The molecule has 0 bridgehead atoms. The summed E-state index contributed by atoms with van der Waals surface area (Å²) in [6.07, 6.45) is 0.782. The molecule has 0 fully saturated rings. The zero-order valence-corrected chi connectivity index (χ0v) is 16.1. The number of carbonyl (C=O) groups is 2. The third-order valence-electron chi connectivity index (χ3n) is 4.25.